The second-order valence-electron chi connectivity index (χ2n) is 6.98. The summed E-state index contributed by atoms with van der Waals surface area (Å²) in [6.45, 7) is 3.99. The highest BCUT2D eigenvalue weighted by Gasteiger charge is 2.30. The molecule has 1 saturated heterocycles. The molecule has 2 heterocycles. The standard InChI is InChI=1S/C22H25N5O2/c1-16-19(14-24-27(16)17-8-4-3-5-9-17)25-22(28)26-13-12-23-15-20(26)18-10-6-7-11-21(18)29-2/h3-11,14,20,23H,12-13,15H2,1-2H3,(H,25,28). The van der Waals surface area contributed by atoms with Crippen molar-refractivity contribution >= 4 is 11.7 Å². The van der Waals surface area contributed by atoms with E-state index in [-0.39, 0.29) is 12.1 Å². The molecule has 2 N–H and O–H groups in total. The third-order valence-electron chi connectivity index (χ3n) is 5.25. The molecule has 7 nitrogen and oxygen atoms in total. The normalized spacial score (nSPS) is 16.5. The second-order valence-corrected chi connectivity index (χ2v) is 6.98. The van der Waals surface area contributed by atoms with Gasteiger partial charge in [0.25, 0.3) is 0 Å². The molecule has 29 heavy (non-hydrogen) atoms. The number of anilines is 1. The first-order valence-corrected chi connectivity index (χ1v) is 9.70. The lowest BCUT2D eigenvalue weighted by atomic mass is 10.0. The Morgan fingerprint density at radius 1 is 1.17 bits per heavy atom. The number of amides is 2. The number of carbonyl (C=O) groups excluding carboxylic acids is 1. The van der Waals surface area contributed by atoms with Crippen molar-refractivity contribution in [3.05, 3.63) is 72.1 Å². The Hall–Kier alpha value is -3.32. The molecule has 1 unspecified atom stereocenters. The molecule has 7 heteroatoms. The number of benzene rings is 2. The molecule has 0 saturated carbocycles. The quantitative estimate of drug-likeness (QED) is 0.715. The zero-order chi connectivity index (χ0) is 20.2. The molecule has 1 aliphatic rings. The van der Waals surface area contributed by atoms with E-state index in [0.29, 0.717) is 18.8 Å². The molecule has 1 atom stereocenters. The van der Waals surface area contributed by atoms with Crippen LogP contribution in [0.3, 0.4) is 0 Å². The van der Waals surface area contributed by atoms with E-state index in [1.165, 1.54) is 0 Å². The van der Waals surface area contributed by atoms with Gasteiger partial charge in [-0.15, -0.1) is 0 Å². The van der Waals surface area contributed by atoms with Gasteiger partial charge in [0.1, 0.15) is 5.75 Å². The first kappa shape index (κ1) is 19.0. The Morgan fingerprint density at radius 2 is 1.93 bits per heavy atom. The van der Waals surface area contributed by atoms with E-state index in [0.717, 1.165) is 29.2 Å². The topological polar surface area (TPSA) is 71.4 Å². The van der Waals surface area contributed by atoms with Crippen LogP contribution in [0.15, 0.2) is 60.8 Å². The first-order valence-electron chi connectivity index (χ1n) is 9.70. The van der Waals surface area contributed by atoms with Crippen molar-refractivity contribution in [1.29, 1.82) is 0 Å². The average Bonchev–Trinajstić information content (AvgIpc) is 3.14. The van der Waals surface area contributed by atoms with Gasteiger partial charge in [-0.05, 0) is 25.1 Å². The summed E-state index contributed by atoms with van der Waals surface area (Å²) < 4.78 is 7.34. The Balaban J connectivity index is 1.56. The Kier molecular flexibility index (Phi) is 5.48. The molecule has 1 fully saturated rings. The summed E-state index contributed by atoms with van der Waals surface area (Å²) in [5.74, 6) is 0.784. The summed E-state index contributed by atoms with van der Waals surface area (Å²) in [4.78, 5) is 15.0. The Morgan fingerprint density at radius 3 is 2.72 bits per heavy atom. The highest BCUT2D eigenvalue weighted by molar-refractivity contribution is 5.90. The largest absolute Gasteiger partial charge is 0.496 e. The maximum atomic E-state index is 13.2. The molecule has 4 rings (SSSR count). The van der Waals surface area contributed by atoms with Gasteiger partial charge in [-0.1, -0.05) is 36.4 Å². The third kappa shape index (κ3) is 3.82. The van der Waals surface area contributed by atoms with Gasteiger partial charge in [-0.25, -0.2) is 9.48 Å². The minimum atomic E-state index is -0.141. The van der Waals surface area contributed by atoms with Crippen molar-refractivity contribution in [2.45, 2.75) is 13.0 Å². The molecule has 0 spiro atoms. The maximum Gasteiger partial charge on any atom is 0.322 e. The third-order valence-corrected chi connectivity index (χ3v) is 5.25. The smallest absolute Gasteiger partial charge is 0.322 e. The number of hydrogen-bond acceptors (Lipinski definition) is 4. The van der Waals surface area contributed by atoms with E-state index in [1.807, 2.05) is 71.1 Å². The van der Waals surface area contributed by atoms with Crippen LogP contribution in [0.4, 0.5) is 10.5 Å². The Labute approximate surface area is 170 Å². The molecule has 3 aromatic rings. The van der Waals surface area contributed by atoms with Crippen molar-refractivity contribution < 1.29 is 9.53 Å². The number of rotatable bonds is 4. The van der Waals surface area contributed by atoms with Crippen molar-refractivity contribution in [3.63, 3.8) is 0 Å². The highest BCUT2D eigenvalue weighted by atomic mass is 16.5. The highest BCUT2D eigenvalue weighted by Crippen LogP contribution is 2.31. The number of piperazine rings is 1. The van der Waals surface area contributed by atoms with E-state index in [1.54, 1.807) is 13.3 Å². The maximum absolute atomic E-state index is 13.2. The van der Waals surface area contributed by atoms with Gasteiger partial charge in [0, 0.05) is 25.2 Å². The fourth-order valence-electron chi connectivity index (χ4n) is 3.72. The summed E-state index contributed by atoms with van der Waals surface area (Å²) >= 11 is 0. The predicted molar refractivity (Wildman–Crippen MR) is 113 cm³/mol. The van der Waals surface area contributed by atoms with E-state index in [4.69, 9.17) is 4.74 Å². The molecule has 1 aliphatic heterocycles. The van der Waals surface area contributed by atoms with E-state index in [9.17, 15) is 4.79 Å². The molecule has 150 valence electrons. The molecular formula is C22H25N5O2. The summed E-state index contributed by atoms with van der Waals surface area (Å²) in [6.07, 6.45) is 1.69. The van der Waals surface area contributed by atoms with Crippen LogP contribution in [-0.4, -0.2) is 47.5 Å². The van der Waals surface area contributed by atoms with E-state index >= 15 is 0 Å². The van der Waals surface area contributed by atoms with Gasteiger partial charge in [-0.2, -0.15) is 5.10 Å². The lowest BCUT2D eigenvalue weighted by Gasteiger charge is -2.37. The van der Waals surface area contributed by atoms with Crippen LogP contribution in [-0.2, 0) is 0 Å². The zero-order valence-electron chi connectivity index (χ0n) is 16.6. The second kappa shape index (κ2) is 8.36. The van der Waals surface area contributed by atoms with E-state index < -0.39 is 0 Å². The molecular weight excluding hydrogens is 366 g/mol. The number of ether oxygens (including phenoxy) is 1. The van der Waals surface area contributed by atoms with Crippen LogP contribution >= 0.6 is 0 Å². The number of hydrogen-bond donors (Lipinski definition) is 2. The number of nitrogens with zero attached hydrogens (tertiary/aromatic N) is 3. The molecule has 2 aromatic carbocycles. The monoisotopic (exact) mass is 391 g/mol. The summed E-state index contributed by atoms with van der Waals surface area (Å²) in [6, 6.07) is 17.5. The number of methoxy groups -OCH3 is 1. The molecule has 0 bridgehead atoms. The average molecular weight is 391 g/mol. The van der Waals surface area contributed by atoms with Gasteiger partial charge >= 0.3 is 6.03 Å². The van der Waals surface area contributed by atoms with Crippen LogP contribution in [0.25, 0.3) is 5.69 Å². The first-order chi connectivity index (χ1) is 14.2. The number of urea groups is 1. The van der Waals surface area contributed by atoms with Crippen LogP contribution in [0, 0.1) is 6.92 Å². The number of carbonyl (C=O) groups is 1. The van der Waals surface area contributed by atoms with Crippen LogP contribution < -0.4 is 15.4 Å². The lowest BCUT2D eigenvalue weighted by Crippen LogP contribution is -2.50. The van der Waals surface area contributed by atoms with Crippen molar-refractivity contribution in [2.24, 2.45) is 0 Å². The minimum Gasteiger partial charge on any atom is -0.496 e. The van der Waals surface area contributed by atoms with Gasteiger partial charge in [0.15, 0.2) is 0 Å². The number of aromatic nitrogens is 2. The SMILES string of the molecule is COc1ccccc1C1CNCCN1C(=O)Nc1cnn(-c2ccccc2)c1C. The van der Waals surface area contributed by atoms with Crippen molar-refractivity contribution in [2.75, 3.05) is 32.1 Å². The molecule has 0 aliphatic carbocycles. The van der Waals surface area contributed by atoms with Crippen molar-refractivity contribution in [3.8, 4) is 11.4 Å². The van der Waals surface area contributed by atoms with E-state index in [2.05, 4.69) is 15.7 Å². The lowest BCUT2D eigenvalue weighted by molar-refractivity contribution is 0.169. The summed E-state index contributed by atoms with van der Waals surface area (Å²) in [5.41, 5.74) is 3.54. The van der Waals surface area contributed by atoms with Gasteiger partial charge in [0.2, 0.25) is 0 Å². The zero-order valence-corrected chi connectivity index (χ0v) is 16.6. The summed E-state index contributed by atoms with van der Waals surface area (Å²) in [5, 5.41) is 10.9. The van der Waals surface area contributed by atoms with Gasteiger partial charge in [-0.3, -0.25) is 0 Å². The van der Waals surface area contributed by atoms with Gasteiger partial charge in [0.05, 0.1) is 36.4 Å². The van der Waals surface area contributed by atoms with Crippen molar-refractivity contribution in [1.82, 2.24) is 20.0 Å². The number of para-hydroxylation sites is 2. The molecule has 0 radical (unpaired) electrons. The van der Waals surface area contributed by atoms with Crippen LogP contribution in [0.2, 0.25) is 0 Å². The van der Waals surface area contributed by atoms with Crippen LogP contribution in [0.1, 0.15) is 17.3 Å². The fraction of sp³-hybridized carbons (Fsp3) is 0.273. The van der Waals surface area contributed by atoms with Crippen LogP contribution in [0.5, 0.6) is 5.75 Å². The predicted octanol–water partition coefficient (Wildman–Crippen LogP) is 3.37. The summed E-state index contributed by atoms with van der Waals surface area (Å²) in [7, 11) is 1.65. The van der Waals surface area contributed by atoms with Gasteiger partial charge < -0.3 is 20.3 Å². The Bertz CT molecular complexity index is 986. The minimum absolute atomic E-state index is 0.107. The molecule has 1 aromatic heterocycles. The molecule has 2 amide bonds. The fourth-order valence-corrected chi connectivity index (χ4v) is 3.72. The number of nitrogens with one attached hydrogen (secondary N) is 2.